The summed E-state index contributed by atoms with van der Waals surface area (Å²) >= 11 is 0. The number of amides is 1. The van der Waals surface area contributed by atoms with Gasteiger partial charge in [0.1, 0.15) is 5.82 Å². The molecular formula is C14H20FN3O2. The molecule has 0 spiro atoms. The van der Waals surface area contributed by atoms with Crippen LogP contribution in [0.2, 0.25) is 0 Å². The van der Waals surface area contributed by atoms with E-state index >= 15 is 0 Å². The van der Waals surface area contributed by atoms with Gasteiger partial charge in [-0.05, 0) is 31.9 Å². The van der Waals surface area contributed by atoms with E-state index in [0.29, 0.717) is 25.4 Å². The van der Waals surface area contributed by atoms with Gasteiger partial charge in [-0.3, -0.25) is 4.79 Å². The van der Waals surface area contributed by atoms with Gasteiger partial charge >= 0.3 is 0 Å². The van der Waals surface area contributed by atoms with Gasteiger partial charge in [0.25, 0.3) is 5.91 Å². The minimum Gasteiger partial charge on any atom is -0.398 e. The molecular weight excluding hydrogens is 261 g/mol. The van der Waals surface area contributed by atoms with E-state index in [1.807, 2.05) is 11.8 Å². The Bertz CT molecular complexity index is 499. The molecule has 1 aromatic rings. The summed E-state index contributed by atoms with van der Waals surface area (Å²) in [6, 6.07) is 2.60. The molecule has 1 heterocycles. The first-order chi connectivity index (χ1) is 9.52. The lowest BCUT2D eigenvalue weighted by Crippen LogP contribution is -2.37. The van der Waals surface area contributed by atoms with Crippen LogP contribution >= 0.6 is 0 Å². The maximum atomic E-state index is 14.0. The van der Waals surface area contributed by atoms with Gasteiger partial charge in [0.05, 0.1) is 17.4 Å². The number of hydrogen-bond acceptors (Lipinski definition) is 4. The molecule has 0 aromatic heterocycles. The molecule has 0 bridgehead atoms. The van der Waals surface area contributed by atoms with Gasteiger partial charge in [0, 0.05) is 25.4 Å². The highest BCUT2D eigenvalue weighted by molar-refractivity contribution is 5.99. The average molecular weight is 281 g/mol. The quantitative estimate of drug-likeness (QED) is 0.820. The van der Waals surface area contributed by atoms with Gasteiger partial charge in [-0.1, -0.05) is 0 Å². The van der Waals surface area contributed by atoms with E-state index in [1.54, 1.807) is 0 Å². The third-order valence-corrected chi connectivity index (χ3v) is 3.57. The van der Waals surface area contributed by atoms with Gasteiger partial charge in [-0.2, -0.15) is 0 Å². The van der Waals surface area contributed by atoms with Crippen LogP contribution in [0, 0.1) is 5.82 Å². The third-order valence-electron chi connectivity index (χ3n) is 3.57. The Morgan fingerprint density at radius 3 is 2.65 bits per heavy atom. The Labute approximate surface area is 117 Å². The molecule has 110 valence electrons. The van der Waals surface area contributed by atoms with Crippen molar-refractivity contribution < 1.29 is 13.9 Å². The van der Waals surface area contributed by atoms with Gasteiger partial charge in [-0.15, -0.1) is 0 Å². The monoisotopic (exact) mass is 281 g/mol. The van der Waals surface area contributed by atoms with Crippen molar-refractivity contribution in [1.82, 2.24) is 0 Å². The lowest BCUT2D eigenvalue weighted by atomic mass is 10.0. The zero-order valence-corrected chi connectivity index (χ0v) is 11.6. The lowest BCUT2D eigenvalue weighted by Gasteiger charge is -2.33. The van der Waals surface area contributed by atoms with Crippen LogP contribution in [-0.4, -0.2) is 31.7 Å². The number of benzene rings is 1. The number of nitrogen functional groups attached to an aromatic ring is 1. The molecule has 4 N–H and O–H groups in total. The number of nitrogens with zero attached hydrogens (tertiary/aromatic N) is 1. The summed E-state index contributed by atoms with van der Waals surface area (Å²) in [6.45, 7) is 4.02. The Hall–Kier alpha value is -1.82. The van der Waals surface area contributed by atoms with Crippen LogP contribution in [0.5, 0.6) is 0 Å². The van der Waals surface area contributed by atoms with E-state index in [0.717, 1.165) is 18.9 Å². The highest BCUT2D eigenvalue weighted by Gasteiger charge is 2.23. The van der Waals surface area contributed by atoms with Crippen molar-refractivity contribution >= 4 is 17.3 Å². The molecule has 0 radical (unpaired) electrons. The van der Waals surface area contributed by atoms with E-state index < -0.39 is 11.7 Å². The van der Waals surface area contributed by atoms with Gasteiger partial charge in [-0.25, -0.2) is 4.39 Å². The molecule has 1 aliphatic heterocycles. The summed E-state index contributed by atoms with van der Waals surface area (Å²) in [5, 5.41) is 0. The number of carbonyl (C=O) groups is 1. The number of rotatable bonds is 4. The van der Waals surface area contributed by atoms with Crippen LogP contribution < -0.4 is 16.4 Å². The maximum Gasteiger partial charge on any atom is 0.250 e. The van der Waals surface area contributed by atoms with Gasteiger partial charge in [0.15, 0.2) is 0 Å². The number of nitrogens with two attached hydrogens (primary N) is 2. The maximum absolute atomic E-state index is 14.0. The van der Waals surface area contributed by atoms with Crippen molar-refractivity contribution in [2.45, 2.75) is 25.9 Å². The fourth-order valence-corrected chi connectivity index (χ4v) is 2.53. The van der Waals surface area contributed by atoms with E-state index in [-0.39, 0.29) is 17.4 Å². The molecule has 1 amide bonds. The normalized spacial score (nSPS) is 16.4. The van der Waals surface area contributed by atoms with Crippen molar-refractivity contribution in [3.8, 4) is 0 Å². The number of primary amides is 1. The number of anilines is 2. The number of carbonyl (C=O) groups excluding carboxylic acids is 1. The fourth-order valence-electron chi connectivity index (χ4n) is 2.53. The Morgan fingerprint density at radius 2 is 2.10 bits per heavy atom. The van der Waals surface area contributed by atoms with Crippen molar-refractivity contribution in [1.29, 1.82) is 0 Å². The summed E-state index contributed by atoms with van der Waals surface area (Å²) in [4.78, 5) is 13.2. The molecule has 1 aromatic carbocycles. The number of halogens is 1. The minimum absolute atomic E-state index is 0.0722. The SMILES string of the molecule is CCOC1CCN(c2cc(C(N)=O)c(N)cc2F)CC1. The number of ether oxygens (including phenoxy) is 1. The summed E-state index contributed by atoms with van der Waals surface area (Å²) in [5.41, 5.74) is 11.5. The van der Waals surface area contributed by atoms with Crippen molar-refractivity contribution in [2.75, 3.05) is 30.3 Å². The molecule has 6 heteroatoms. The van der Waals surface area contributed by atoms with E-state index in [4.69, 9.17) is 16.2 Å². The first-order valence-electron chi connectivity index (χ1n) is 6.78. The van der Waals surface area contributed by atoms with Crippen LogP contribution in [0.3, 0.4) is 0 Å². The summed E-state index contributed by atoms with van der Waals surface area (Å²) < 4.78 is 19.6. The summed E-state index contributed by atoms with van der Waals surface area (Å²) in [6.07, 6.45) is 1.90. The molecule has 5 nitrogen and oxygen atoms in total. The van der Waals surface area contributed by atoms with Crippen molar-refractivity contribution in [3.63, 3.8) is 0 Å². The smallest absolute Gasteiger partial charge is 0.250 e. The number of piperidine rings is 1. The predicted molar refractivity (Wildman–Crippen MR) is 76.2 cm³/mol. The second kappa shape index (κ2) is 6.09. The van der Waals surface area contributed by atoms with E-state index in [1.165, 1.54) is 6.07 Å². The van der Waals surface area contributed by atoms with Crippen LogP contribution in [0.4, 0.5) is 15.8 Å². The van der Waals surface area contributed by atoms with E-state index in [9.17, 15) is 9.18 Å². The van der Waals surface area contributed by atoms with Crippen LogP contribution in [-0.2, 0) is 4.74 Å². The van der Waals surface area contributed by atoms with Crippen molar-refractivity contribution in [2.24, 2.45) is 5.73 Å². The molecule has 0 aliphatic carbocycles. The molecule has 0 unspecified atom stereocenters. The minimum atomic E-state index is -0.645. The second-order valence-corrected chi connectivity index (χ2v) is 4.90. The molecule has 2 rings (SSSR count). The zero-order chi connectivity index (χ0) is 14.7. The zero-order valence-electron chi connectivity index (χ0n) is 11.6. The highest BCUT2D eigenvalue weighted by Crippen LogP contribution is 2.28. The molecule has 20 heavy (non-hydrogen) atoms. The van der Waals surface area contributed by atoms with Crippen LogP contribution in [0.25, 0.3) is 0 Å². The fraction of sp³-hybridized carbons (Fsp3) is 0.500. The number of hydrogen-bond donors (Lipinski definition) is 2. The van der Waals surface area contributed by atoms with Gasteiger partial charge < -0.3 is 21.1 Å². The van der Waals surface area contributed by atoms with E-state index in [2.05, 4.69) is 0 Å². The van der Waals surface area contributed by atoms with Crippen molar-refractivity contribution in [3.05, 3.63) is 23.5 Å². The summed E-state index contributed by atoms with van der Waals surface area (Å²) in [7, 11) is 0. The molecule has 0 atom stereocenters. The average Bonchev–Trinajstić information content (AvgIpc) is 2.40. The third kappa shape index (κ3) is 3.01. The Morgan fingerprint density at radius 1 is 1.45 bits per heavy atom. The first-order valence-corrected chi connectivity index (χ1v) is 6.78. The van der Waals surface area contributed by atoms with Crippen LogP contribution in [0.15, 0.2) is 12.1 Å². The highest BCUT2D eigenvalue weighted by atomic mass is 19.1. The largest absolute Gasteiger partial charge is 0.398 e. The Balaban J connectivity index is 2.17. The molecule has 0 saturated carbocycles. The topological polar surface area (TPSA) is 81.6 Å². The van der Waals surface area contributed by atoms with Gasteiger partial charge in [0.2, 0.25) is 0 Å². The first kappa shape index (κ1) is 14.6. The Kier molecular flexibility index (Phi) is 4.44. The molecule has 1 saturated heterocycles. The van der Waals surface area contributed by atoms with Crippen LogP contribution in [0.1, 0.15) is 30.1 Å². The lowest BCUT2D eigenvalue weighted by molar-refractivity contribution is 0.0458. The molecule has 1 fully saturated rings. The standard InChI is InChI=1S/C14H20FN3O2/c1-2-20-9-3-5-18(6-4-9)13-7-10(14(17)19)12(16)8-11(13)15/h7-9H,2-6,16H2,1H3,(H2,17,19). The second-order valence-electron chi connectivity index (χ2n) is 4.90. The molecule has 1 aliphatic rings. The summed E-state index contributed by atoms with van der Waals surface area (Å²) in [5.74, 6) is -1.07. The predicted octanol–water partition coefficient (Wildman–Crippen LogP) is 1.51.